The van der Waals surface area contributed by atoms with E-state index in [4.69, 9.17) is 5.41 Å². The van der Waals surface area contributed by atoms with Gasteiger partial charge in [-0.05, 0) is 26.2 Å². The molecule has 1 heterocycles. The maximum atomic E-state index is 11.7. The van der Waals surface area contributed by atoms with Crippen LogP contribution in [0.1, 0.15) is 39.5 Å². The van der Waals surface area contributed by atoms with Crippen LogP contribution in [0.2, 0.25) is 0 Å². The Morgan fingerprint density at radius 2 is 2.33 bits per heavy atom. The van der Waals surface area contributed by atoms with Crippen molar-refractivity contribution in [1.82, 2.24) is 10.2 Å². The van der Waals surface area contributed by atoms with E-state index in [1.54, 1.807) is 0 Å². The van der Waals surface area contributed by atoms with Gasteiger partial charge in [0.05, 0.1) is 5.84 Å². The Hall–Kier alpha value is -1.06. The Labute approximate surface area is 91.5 Å². The van der Waals surface area contributed by atoms with E-state index in [0.29, 0.717) is 5.84 Å². The average molecular weight is 211 g/mol. The highest BCUT2D eigenvalue weighted by atomic mass is 16.2. The zero-order valence-corrected chi connectivity index (χ0v) is 9.68. The number of nitrogens with one attached hydrogen (secondary N) is 2. The van der Waals surface area contributed by atoms with Gasteiger partial charge in [-0.15, -0.1) is 0 Å². The standard InChI is InChI=1S/C11H21N3O/c1-3-7-13-11(15)9(2)14-8-5-4-6-10(14)12/h9,12H,3-8H2,1-2H3,(H,13,15). The summed E-state index contributed by atoms with van der Waals surface area (Å²) in [5.74, 6) is 0.656. The number of likely N-dealkylation sites (tertiary alicyclic amines) is 1. The summed E-state index contributed by atoms with van der Waals surface area (Å²) in [6.45, 7) is 5.49. The predicted octanol–water partition coefficient (Wildman–Crippen LogP) is 1.36. The Bertz CT molecular complexity index is 240. The van der Waals surface area contributed by atoms with Crippen LogP contribution in [0.5, 0.6) is 0 Å². The minimum absolute atomic E-state index is 0.0449. The first-order chi connectivity index (χ1) is 7.16. The van der Waals surface area contributed by atoms with Crippen LogP contribution in [0, 0.1) is 5.41 Å². The van der Waals surface area contributed by atoms with Crippen molar-refractivity contribution in [2.24, 2.45) is 0 Å². The van der Waals surface area contributed by atoms with Gasteiger partial charge in [-0.3, -0.25) is 10.2 Å². The first-order valence-corrected chi connectivity index (χ1v) is 5.78. The minimum atomic E-state index is -0.190. The van der Waals surface area contributed by atoms with Crippen molar-refractivity contribution in [1.29, 1.82) is 5.41 Å². The second-order valence-corrected chi connectivity index (χ2v) is 4.06. The van der Waals surface area contributed by atoms with Crippen molar-refractivity contribution in [3.63, 3.8) is 0 Å². The number of rotatable bonds is 4. The third kappa shape index (κ3) is 3.22. The van der Waals surface area contributed by atoms with Gasteiger partial charge in [-0.25, -0.2) is 0 Å². The fraction of sp³-hybridized carbons (Fsp3) is 0.818. The first kappa shape index (κ1) is 12.0. The molecular weight excluding hydrogens is 190 g/mol. The number of nitrogens with zero attached hydrogens (tertiary/aromatic N) is 1. The lowest BCUT2D eigenvalue weighted by Crippen LogP contribution is -2.49. The third-order valence-corrected chi connectivity index (χ3v) is 2.81. The Morgan fingerprint density at radius 3 is 2.93 bits per heavy atom. The summed E-state index contributed by atoms with van der Waals surface area (Å²) < 4.78 is 0. The molecule has 0 aromatic heterocycles. The molecule has 1 aliphatic heterocycles. The molecule has 4 heteroatoms. The van der Waals surface area contributed by atoms with E-state index in [2.05, 4.69) is 5.32 Å². The van der Waals surface area contributed by atoms with Gasteiger partial charge in [0, 0.05) is 19.5 Å². The topological polar surface area (TPSA) is 56.2 Å². The van der Waals surface area contributed by atoms with E-state index in [1.807, 2.05) is 18.7 Å². The van der Waals surface area contributed by atoms with Crippen molar-refractivity contribution < 1.29 is 4.79 Å². The van der Waals surface area contributed by atoms with Gasteiger partial charge in [-0.1, -0.05) is 6.92 Å². The molecule has 86 valence electrons. The van der Waals surface area contributed by atoms with Crippen molar-refractivity contribution >= 4 is 11.7 Å². The average Bonchev–Trinajstić information content (AvgIpc) is 2.25. The highest BCUT2D eigenvalue weighted by molar-refractivity contribution is 5.88. The monoisotopic (exact) mass is 211 g/mol. The van der Waals surface area contributed by atoms with Gasteiger partial charge in [-0.2, -0.15) is 0 Å². The van der Waals surface area contributed by atoms with Crippen LogP contribution in [0.4, 0.5) is 0 Å². The van der Waals surface area contributed by atoms with Gasteiger partial charge >= 0.3 is 0 Å². The smallest absolute Gasteiger partial charge is 0.242 e. The maximum absolute atomic E-state index is 11.7. The summed E-state index contributed by atoms with van der Waals surface area (Å²) >= 11 is 0. The maximum Gasteiger partial charge on any atom is 0.242 e. The molecule has 1 saturated heterocycles. The Kier molecular flexibility index (Phi) is 4.59. The molecule has 1 amide bonds. The molecular formula is C11H21N3O. The van der Waals surface area contributed by atoms with Gasteiger partial charge in [0.1, 0.15) is 6.04 Å². The summed E-state index contributed by atoms with van der Waals surface area (Å²) in [4.78, 5) is 13.6. The van der Waals surface area contributed by atoms with E-state index in [-0.39, 0.29) is 11.9 Å². The highest BCUT2D eigenvalue weighted by Crippen LogP contribution is 2.13. The molecule has 1 atom stereocenters. The molecule has 0 aromatic carbocycles. The number of amidine groups is 1. The summed E-state index contributed by atoms with van der Waals surface area (Å²) in [6, 6.07) is -0.190. The zero-order chi connectivity index (χ0) is 11.3. The van der Waals surface area contributed by atoms with E-state index < -0.39 is 0 Å². The van der Waals surface area contributed by atoms with E-state index in [1.165, 1.54) is 0 Å². The lowest BCUT2D eigenvalue weighted by molar-refractivity contribution is -0.124. The molecule has 0 aromatic rings. The molecule has 1 rings (SSSR count). The van der Waals surface area contributed by atoms with E-state index in [9.17, 15) is 4.79 Å². The lowest BCUT2D eigenvalue weighted by Gasteiger charge is -2.33. The number of carbonyl (C=O) groups is 1. The Balaban J connectivity index is 2.46. The van der Waals surface area contributed by atoms with Crippen molar-refractivity contribution in [3.05, 3.63) is 0 Å². The summed E-state index contributed by atoms with van der Waals surface area (Å²) in [7, 11) is 0. The fourth-order valence-corrected chi connectivity index (χ4v) is 1.82. The summed E-state index contributed by atoms with van der Waals surface area (Å²) in [6.07, 6.45) is 3.94. The van der Waals surface area contributed by atoms with Crippen LogP contribution in [0.25, 0.3) is 0 Å². The van der Waals surface area contributed by atoms with Crippen LogP contribution < -0.4 is 5.32 Å². The first-order valence-electron chi connectivity index (χ1n) is 5.78. The largest absolute Gasteiger partial charge is 0.354 e. The molecule has 15 heavy (non-hydrogen) atoms. The molecule has 0 aliphatic carbocycles. The molecule has 0 bridgehead atoms. The number of hydrogen-bond acceptors (Lipinski definition) is 2. The van der Waals surface area contributed by atoms with Gasteiger partial charge in [0.2, 0.25) is 5.91 Å². The van der Waals surface area contributed by atoms with Crippen LogP contribution in [0.15, 0.2) is 0 Å². The van der Waals surface area contributed by atoms with Crippen LogP contribution >= 0.6 is 0 Å². The third-order valence-electron chi connectivity index (χ3n) is 2.81. The molecule has 4 nitrogen and oxygen atoms in total. The van der Waals surface area contributed by atoms with E-state index in [0.717, 1.165) is 38.8 Å². The molecule has 0 saturated carbocycles. The van der Waals surface area contributed by atoms with Crippen molar-refractivity contribution in [2.45, 2.75) is 45.6 Å². The SMILES string of the molecule is CCCNC(=O)C(C)N1CCCCC1=N. The van der Waals surface area contributed by atoms with Crippen LogP contribution in [0.3, 0.4) is 0 Å². The number of piperidine rings is 1. The van der Waals surface area contributed by atoms with Crippen LogP contribution in [-0.2, 0) is 4.79 Å². The van der Waals surface area contributed by atoms with Gasteiger partial charge in [0.15, 0.2) is 0 Å². The number of amides is 1. The highest BCUT2D eigenvalue weighted by Gasteiger charge is 2.24. The van der Waals surface area contributed by atoms with Crippen molar-refractivity contribution in [2.75, 3.05) is 13.1 Å². The second-order valence-electron chi connectivity index (χ2n) is 4.06. The van der Waals surface area contributed by atoms with Crippen molar-refractivity contribution in [3.8, 4) is 0 Å². The zero-order valence-electron chi connectivity index (χ0n) is 9.68. The summed E-state index contributed by atoms with van der Waals surface area (Å²) in [5, 5.41) is 10.7. The fourth-order valence-electron chi connectivity index (χ4n) is 1.82. The lowest BCUT2D eigenvalue weighted by atomic mass is 10.1. The molecule has 1 unspecified atom stereocenters. The van der Waals surface area contributed by atoms with Crippen LogP contribution in [-0.4, -0.2) is 35.8 Å². The second kappa shape index (κ2) is 5.73. The normalized spacial score (nSPS) is 18.8. The number of carbonyl (C=O) groups excluding carboxylic acids is 1. The molecule has 1 fully saturated rings. The predicted molar refractivity (Wildman–Crippen MR) is 61.0 cm³/mol. The quantitative estimate of drug-likeness (QED) is 0.737. The molecule has 0 radical (unpaired) electrons. The Morgan fingerprint density at radius 1 is 1.60 bits per heavy atom. The van der Waals surface area contributed by atoms with E-state index >= 15 is 0 Å². The van der Waals surface area contributed by atoms with Gasteiger partial charge in [0.25, 0.3) is 0 Å². The minimum Gasteiger partial charge on any atom is -0.354 e. The molecule has 1 aliphatic rings. The molecule has 2 N–H and O–H groups in total. The van der Waals surface area contributed by atoms with Gasteiger partial charge < -0.3 is 10.2 Å². The summed E-state index contributed by atoms with van der Waals surface area (Å²) in [5.41, 5.74) is 0. The number of hydrogen-bond donors (Lipinski definition) is 2. The molecule has 0 spiro atoms.